The molecule has 1 aromatic rings. The van der Waals surface area contributed by atoms with Crippen LogP contribution >= 0.6 is 11.8 Å². The van der Waals surface area contributed by atoms with E-state index in [-0.39, 0.29) is 10.6 Å². The summed E-state index contributed by atoms with van der Waals surface area (Å²) in [6.07, 6.45) is 8.97. The summed E-state index contributed by atoms with van der Waals surface area (Å²) >= 11 is 1.84. The lowest BCUT2D eigenvalue weighted by Gasteiger charge is -2.32. The van der Waals surface area contributed by atoms with Crippen LogP contribution in [-0.4, -0.2) is 33.3 Å². The van der Waals surface area contributed by atoms with E-state index in [2.05, 4.69) is 11.9 Å². The van der Waals surface area contributed by atoms with E-state index in [4.69, 9.17) is 4.99 Å². The monoisotopic (exact) mass is 345 g/mol. The summed E-state index contributed by atoms with van der Waals surface area (Å²) in [6.45, 7) is 0. The Morgan fingerprint density at radius 1 is 1.17 bits per heavy atom. The standard InChI is InChI=1S/C18H23N3O2S/c1-20-17(24-12-18(20)10-4-5-11-18)19-15-8-9-16(21(22)23)14-7-3-2-6-13(14)15/h8-9H,2-7,10-12H2,1H3. The Kier molecular flexibility index (Phi) is 4.03. The lowest BCUT2D eigenvalue weighted by Crippen LogP contribution is -2.42. The number of thioether (sulfide) groups is 1. The molecule has 0 atom stereocenters. The number of amidine groups is 1. The highest BCUT2D eigenvalue weighted by molar-refractivity contribution is 8.14. The minimum absolute atomic E-state index is 0.245. The Morgan fingerprint density at radius 2 is 1.88 bits per heavy atom. The largest absolute Gasteiger partial charge is 0.348 e. The second-order valence-corrected chi connectivity index (χ2v) is 8.14. The highest BCUT2D eigenvalue weighted by atomic mass is 32.2. The van der Waals surface area contributed by atoms with Gasteiger partial charge in [0.05, 0.1) is 16.1 Å². The molecule has 0 bridgehead atoms. The Bertz CT molecular complexity index is 710. The number of hydrogen-bond donors (Lipinski definition) is 0. The third kappa shape index (κ3) is 2.51. The van der Waals surface area contributed by atoms with E-state index in [1.807, 2.05) is 17.8 Å². The Balaban J connectivity index is 1.71. The Hall–Kier alpha value is -1.56. The molecule has 0 N–H and O–H groups in total. The summed E-state index contributed by atoms with van der Waals surface area (Å²) < 4.78 is 0. The fourth-order valence-electron chi connectivity index (χ4n) is 4.42. The molecule has 4 rings (SSSR count). The van der Waals surface area contributed by atoms with E-state index in [1.54, 1.807) is 6.07 Å². The number of fused-ring (bicyclic) bond motifs is 1. The van der Waals surface area contributed by atoms with E-state index >= 15 is 0 Å². The average Bonchev–Trinajstić information content (AvgIpc) is 3.18. The number of nitro groups is 1. The molecule has 0 unspecified atom stereocenters. The number of nitrogens with zero attached hydrogens (tertiary/aromatic N) is 3. The first kappa shape index (κ1) is 15.9. The molecule has 2 fully saturated rings. The minimum atomic E-state index is -0.245. The highest BCUT2D eigenvalue weighted by Gasteiger charge is 2.44. The van der Waals surface area contributed by atoms with Gasteiger partial charge in [-0.3, -0.25) is 10.1 Å². The van der Waals surface area contributed by atoms with Crippen molar-refractivity contribution in [1.29, 1.82) is 0 Å². The average molecular weight is 345 g/mol. The molecule has 128 valence electrons. The normalized spacial score (nSPS) is 23.9. The number of hydrogen-bond acceptors (Lipinski definition) is 4. The molecule has 5 nitrogen and oxygen atoms in total. The molecule has 1 saturated carbocycles. The summed E-state index contributed by atoms with van der Waals surface area (Å²) in [7, 11) is 2.17. The van der Waals surface area contributed by atoms with Crippen LogP contribution < -0.4 is 0 Å². The molecule has 1 aromatic carbocycles. The van der Waals surface area contributed by atoms with Crippen molar-refractivity contribution in [2.45, 2.75) is 56.9 Å². The van der Waals surface area contributed by atoms with Crippen LogP contribution in [0.15, 0.2) is 17.1 Å². The van der Waals surface area contributed by atoms with E-state index in [0.717, 1.165) is 53.4 Å². The second-order valence-electron chi connectivity index (χ2n) is 7.20. The second kappa shape index (κ2) is 6.06. The van der Waals surface area contributed by atoms with Crippen molar-refractivity contribution in [2.75, 3.05) is 12.8 Å². The van der Waals surface area contributed by atoms with Gasteiger partial charge in [-0.1, -0.05) is 24.6 Å². The molecule has 1 heterocycles. The van der Waals surface area contributed by atoms with E-state index in [9.17, 15) is 10.1 Å². The molecule has 0 aromatic heterocycles. The fraction of sp³-hybridized carbons (Fsp3) is 0.611. The van der Waals surface area contributed by atoms with Crippen molar-refractivity contribution >= 4 is 28.3 Å². The van der Waals surface area contributed by atoms with Gasteiger partial charge < -0.3 is 4.90 Å². The number of benzene rings is 1. The molecule has 3 aliphatic rings. The van der Waals surface area contributed by atoms with Crippen LogP contribution in [0.3, 0.4) is 0 Å². The van der Waals surface area contributed by atoms with E-state index in [1.165, 1.54) is 25.7 Å². The maximum Gasteiger partial charge on any atom is 0.273 e. The first-order valence-corrected chi connectivity index (χ1v) is 9.84. The number of nitro benzene ring substituents is 1. The molecule has 0 radical (unpaired) electrons. The van der Waals surface area contributed by atoms with E-state index in [0.29, 0.717) is 5.54 Å². The summed E-state index contributed by atoms with van der Waals surface area (Å²) in [6, 6.07) is 3.50. The van der Waals surface area contributed by atoms with Gasteiger partial charge >= 0.3 is 0 Å². The van der Waals surface area contributed by atoms with Gasteiger partial charge in [-0.15, -0.1) is 0 Å². The number of rotatable bonds is 2. The predicted molar refractivity (Wildman–Crippen MR) is 98.3 cm³/mol. The smallest absolute Gasteiger partial charge is 0.273 e. The Labute approximate surface area is 146 Å². The molecular formula is C18H23N3O2S. The zero-order valence-electron chi connectivity index (χ0n) is 14.1. The zero-order valence-corrected chi connectivity index (χ0v) is 14.9. The van der Waals surface area contributed by atoms with Crippen LogP contribution in [-0.2, 0) is 12.8 Å². The predicted octanol–water partition coefficient (Wildman–Crippen LogP) is 4.45. The molecule has 1 saturated heterocycles. The van der Waals surface area contributed by atoms with Crippen molar-refractivity contribution in [3.8, 4) is 0 Å². The quantitative estimate of drug-likeness (QED) is 0.587. The van der Waals surface area contributed by atoms with Crippen molar-refractivity contribution in [2.24, 2.45) is 4.99 Å². The van der Waals surface area contributed by atoms with Gasteiger partial charge in [0.2, 0.25) is 0 Å². The van der Waals surface area contributed by atoms with Gasteiger partial charge in [0.25, 0.3) is 5.69 Å². The third-order valence-electron chi connectivity index (χ3n) is 5.90. The minimum Gasteiger partial charge on any atom is -0.348 e. The van der Waals surface area contributed by atoms with Gasteiger partial charge in [-0.05, 0) is 50.2 Å². The highest BCUT2D eigenvalue weighted by Crippen LogP contribution is 2.45. The maximum atomic E-state index is 11.3. The van der Waals surface area contributed by atoms with E-state index < -0.39 is 0 Å². The molecule has 1 aliphatic heterocycles. The summed E-state index contributed by atoms with van der Waals surface area (Å²) in [4.78, 5) is 18.4. The van der Waals surface area contributed by atoms with Gasteiger partial charge in [0, 0.05) is 24.4 Å². The summed E-state index contributed by atoms with van der Waals surface area (Å²) in [5, 5.41) is 12.4. The lowest BCUT2D eigenvalue weighted by molar-refractivity contribution is -0.385. The van der Waals surface area contributed by atoms with Crippen molar-refractivity contribution < 1.29 is 4.92 Å². The molecule has 2 aliphatic carbocycles. The number of aliphatic imine (C=N–C) groups is 1. The first-order valence-electron chi connectivity index (χ1n) is 8.85. The van der Waals surface area contributed by atoms with Crippen LogP contribution in [0.2, 0.25) is 0 Å². The molecule has 6 heteroatoms. The van der Waals surface area contributed by atoms with Crippen molar-refractivity contribution in [1.82, 2.24) is 4.90 Å². The Morgan fingerprint density at radius 3 is 2.58 bits per heavy atom. The van der Waals surface area contributed by atoms with Crippen molar-refractivity contribution in [3.63, 3.8) is 0 Å². The van der Waals surface area contributed by atoms with Crippen LogP contribution in [0.25, 0.3) is 0 Å². The van der Waals surface area contributed by atoms with Gasteiger partial charge in [0.15, 0.2) is 5.17 Å². The molecule has 0 amide bonds. The maximum absolute atomic E-state index is 11.3. The zero-order chi connectivity index (χ0) is 16.7. The SMILES string of the molecule is CN1C(=Nc2ccc([N+](=O)[O-])c3c2CCCC3)SCC12CCCC2. The molecule has 24 heavy (non-hydrogen) atoms. The van der Waals surface area contributed by atoms with Crippen LogP contribution in [0.1, 0.15) is 49.7 Å². The molecular weight excluding hydrogens is 322 g/mol. The first-order chi connectivity index (χ1) is 11.6. The third-order valence-corrected chi connectivity index (χ3v) is 7.21. The summed E-state index contributed by atoms with van der Waals surface area (Å²) in [5.41, 5.74) is 3.52. The fourth-order valence-corrected chi connectivity index (χ4v) is 5.85. The van der Waals surface area contributed by atoms with Crippen LogP contribution in [0.5, 0.6) is 0 Å². The van der Waals surface area contributed by atoms with Gasteiger partial charge in [0.1, 0.15) is 0 Å². The summed E-state index contributed by atoms with van der Waals surface area (Å²) in [5.74, 6) is 1.12. The van der Waals surface area contributed by atoms with Crippen molar-refractivity contribution in [3.05, 3.63) is 33.4 Å². The van der Waals surface area contributed by atoms with Gasteiger partial charge in [-0.25, -0.2) is 4.99 Å². The molecule has 1 spiro atoms. The van der Waals surface area contributed by atoms with Crippen LogP contribution in [0.4, 0.5) is 11.4 Å². The topological polar surface area (TPSA) is 58.7 Å². The van der Waals surface area contributed by atoms with Crippen LogP contribution in [0, 0.1) is 10.1 Å². The lowest BCUT2D eigenvalue weighted by atomic mass is 9.89. The van der Waals surface area contributed by atoms with Gasteiger partial charge in [-0.2, -0.15) is 0 Å².